The second kappa shape index (κ2) is 21.7. The second-order valence-electron chi connectivity index (χ2n) is 18.2. The molecule has 1 aliphatic rings. The first-order valence-electron chi connectivity index (χ1n) is 21.2. The number of carbonyl (C=O) groups is 5. The van der Waals surface area contributed by atoms with Crippen molar-refractivity contribution in [2.45, 2.75) is 156 Å². The number of hydrogen-bond acceptors (Lipinski definition) is 10. The molecule has 1 aliphatic heterocycles. The maximum atomic E-state index is 14.1. The monoisotopic (exact) mass is 862 g/mol. The fourth-order valence-corrected chi connectivity index (χ4v) is 8.10. The lowest BCUT2D eigenvalue weighted by Gasteiger charge is -2.35. The zero-order valence-corrected chi connectivity index (χ0v) is 38.0. The number of ether oxygens (including phenoxy) is 2. The van der Waals surface area contributed by atoms with Gasteiger partial charge < -0.3 is 41.2 Å². The fourth-order valence-electron chi connectivity index (χ4n) is 7.29. The number of aryl methyl sites for hydroxylation is 2. The molecule has 0 saturated carbocycles. The van der Waals surface area contributed by atoms with Gasteiger partial charge in [0.15, 0.2) is 0 Å². The molecule has 334 valence electrons. The molecule has 0 spiro atoms. The molecule has 2 heterocycles. The van der Waals surface area contributed by atoms with Crippen LogP contribution in [-0.2, 0) is 30.3 Å². The Balaban J connectivity index is 1.27. The van der Waals surface area contributed by atoms with E-state index in [0.29, 0.717) is 12.2 Å². The largest absolute Gasteiger partial charge is 0.489 e. The molecule has 4 rings (SSSR count). The highest BCUT2D eigenvalue weighted by Crippen LogP contribution is 2.30. The van der Waals surface area contributed by atoms with Crippen molar-refractivity contribution in [3.8, 4) is 16.2 Å². The predicted octanol–water partition coefficient (Wildman–Crippen LogP) is 6.52. The normalized spacial score (nSPS) is 17.4. The Morgan fingerprint density at radius 1 is 0.951 bits per heavy atom. The highest BCUT2D eigenvalue weighted by molar-refractivity contribution is 7.13. The molecule has 15 heteroatoms. The first-order chi connectivity index (χ1) is 28.6. The molecule has 1 saturated heterocycles. The number of nitrogens with zero attached hydrogens (tertiary/aromatic N) is 2. The number of nitrogens with one attached hydrogen (secondary N) is 3. The lowest BCUT2D eigenvalue weighted by Crippen LogP contribution is -2.57. The summed E-state index contributed by atoms with van der Waals surface area (Å²) in [5.41, 5.74) is 9.81. The smallest absolute Gasteiger partial charge is 0.408 e. The van der Waals surface area contributed by atoms with Crippen LogP contribution in [0.5, 0.6) is 5.75 Å². The van der Waals surface area contributed by atoms with Gasteiger partial charge in [-0.25, -0.2) is 9.78 Å². The molecule has 0 radical (unpaired) electrons. The van der Waals surface area contributed by atoms with Crippen molar-refractivity contribution in [1.29, 1.82) is 0 Å². The zero-order valence-electron chi connectivity index (χ0n) is 37.2. The van der Waals surface area contributed by atoms with Crippen molar-refractivity contribution < 1.29 is 38.6 Å². The number of β-amino-alcohol motifs (C(OH)–C–C–N with tert-alkyl or cyclic N) is 1. The predicted molar refractivity (Wildman–Crippen MR) is 237 cm³/mol. The Morgan fingerprint density at radius 3 is 2.28 bits per heavy atom. The van der Waals surface area contributed by atoms with Crippen molar-refractivity contribution in [2.75, 3.05) is 6.54 Å². The Hall–Kier alpha value is -5.02. The van der Waals surface area contributed by atoms with Gasteiger partial charge in [-0.15, -0.1) is 11.3 Å². The lowest BCUT2D eigenvalue weighted by molar-refractivity contribution is -0.144. The Kier molecular flexibility index (Phi) is 17.3. The molecular formula is C46H66N6O8S. The van der Waals surface area contributed by atoms with Gasteiger partial charge in [0.2, 0.25) is 23.6 Å². The number of aliphatic hydroxyl groups excluding tert-OH is 1. The van der Waals surface area contributed by atoms with E-state index in [1.165, 1.54) is 4.90 Å². The average molecular weight is 863 g/mol. The molecule has 0 bridgehead atoms. The van der Waals surface area contributed by atoms with Crippen LogP contribution in [0.15, 0.2) is 54.0 Å². The zero-order chi connectivity index (χ0) is 45.1. The molecule has 61 heavy (non-hydrogen) atoms. The highest BCUT2D eigenvalue weighted by Gasteiger charge is 2.44. The van der Waals surface area contributed by atoms with Crippen LogP contribution in [0.2, 0.25) is 0 Å². The molecule has 14 nitrogen and oxygen atoms in total. The Bertz CT molecular complexity index is 1960. The lowest BCUT2D eigenvalue weighted by atomic mass is 9.85. The van der Waals surface area contributed by atoms with Crippen molar-refractivity contribution in [1.82, 2.24) is 25.8 Å². The van der Waals surface area contributed by atoms with E-state index in [4.69, 9.17) is 15.2 Å². The van der Waals surface area contributed by atoms with Crippen LogP contribution in [0.4, 0.5) is 4.79 Å². The van der Waals surface area contributed by atoms with E-state index < -0.39 is 59.3 Å². The summed E-state index contributed by atoms with van der Waals surface area (Å²) in [6.45, 7) is 16.6. The third kappa shape index (κ3) is 15.1. The summed E-state index contributed by atoms with van der Waals surface area (Å²) in [5.74, 6) is -0.870. The van der Waals surface area contributed by atoms with Gasteiger partial charge in [0.1, 0.15) is 29.5 Å². The summed E-state index contributed by atoms with van der Waals surface area (Å²) >= 11 is 1.57. The second-order valence-corrected chi connectivity index (χ2v) is 19.0. The molecule has 1 unspecified atom stereocenters. The van der Waals surface area contributed by atoms with E-state index in [9.17, 15) is 29.1 Å². The van der Waals surface area contributed by atoms with Crippen LogP contribution < -0.4 is 26.4 Å². The number of hydrogen-bond donors (Lipinski definition) is 5. The SMILES string of the molecule is Cc1ncsc1-c1ccc([C@H](C)NC(=O)[C@@H]2CC(O)CN2C(=O)[C@@H](NC(=O)CCCCCc2cccc(O[C@H](C)[C@H](CCC(N)=O)NC(=O)OC(C)(C)C)c2)C(C)(C)C)cc1. The minimum absolute atomic E-state index is 0.000643. The van der Waals surface area contributed by atoms with Gasteiger partial charge in [0.25, 0.3) is 0 Å². The molecule has 1 fully saturated rings. The first-order valence-corrected chi connectivity index (χ1v) is 22.1. The van der Waals surface area contributed by atoms with Gasteiger partial charge >= 0.3 is 6.09 Å². The number of nitrogens with two attached hydrogens (primary N) is 1. The number of amides is 5. The minimum Gasteiger partial charge on any atom is -0.489 e. The fraction of sp³-hybridized carbons (Fsp3) is 0.565. The van der Waals surface area contributed by atoms with E-state index in [1.807, 2.05) is 95.6 Å². The van der Waals surface area contributed by atoms with Crippen LogP contribution in [-0.4, -0.2) is 87.2 Å². The molecule has 6 N–H and O–H groups in total. The summed E-state index contributed by atoms with van der Waals surface area (Å²) in [6.07, 6.45) is 1.68. The standard InChI is InChI=1S/C46H66N6O8S/c1-28(32-18-20-33(21-19-32)40-29(2)48-27-61-40)49-42(56)37-25-34(53)26-52(37)43(57)41(45(4,5)6)51-39(55)17-12-10-11-14-31-15-13-16-35(24-31)59-30(3)36(22-23-38(47)54)50-44(58)60-46(7,8)9/h13,15-16,18-21,24,27-28,30,34,36-37,41,53H,10-12,14,17,22-23,25-26H2,1-9H3,(H2,47,54)(H,49,56)(H,50,58)(H,51,55)/t28-,30+,34?,36-,37-,41+/m0/s1. The van der Waals surface area contributed by atoms with E-state index in [0.717, 1.165) is 46.5 Å². The van der Waals surface area contributed by atoms with Gasteiger partial charge in [-0.1, -0.05) is 63.6 Å². The summed E-state index contributed by atoms with van der Waals surface area (Å²) in [7, 11) is 0. The molecule has 6 atom stereocenters. The van der Waals surface area contributed by atoms with E-state index in [2.05, 4.69) is 20.9 Å². The topological polar surface area (TPSA) is 202 Å². The molecule has 2 aromatic carbocycles. The third-order valence-corrected chi connectivity index (χ3v) is 11.6. The quantitative estimate of drug-likeness (QED) is 0.0833. The number of primary amides is 1. The van der Waals surface area contributed by atoms with Gasteiger partial charge in [0.05, 0.1) is 34.3 Å². The van der Waals surface area contributed by atoms with Gasteiger partial charge in [-0.05, 0) is 101 Å². The molecule has 3 aromatic rings. The number of thiazole rings is 1. The van der Waals surface area contributed by atoms with E-state index >= 15 is 0 Å². The Labute approximate surface area is 364 Å². The summed E-state index contributed by atoms with van der Waals surface area (Å²) in [4.78, 5) is 71.9. The van der Waals surface area contributed by atoms with E-state index in [1.54, 1.807) is 32.1 Å². The minimum atomic E-state index is -0.902. The van der Waals surface area contributed by atoms with Crippen molar-refractivity contribution in [3.05, 3.63) is 70.9 Å². The summed E-state index contributed by atoms with van der Waals surface area (Å²) in [6, 6.07) is 13.0. The molecule has 5 amide bonds. The summed E-state index contributed by atoms with van der Waals surface area (Å²) < 4.78 is 11.6. The van der Waals surface area contributed by atoms with Gasteiger partial charge in [-0.3, -0.25) is 19.2 Å². The number of likely N-dealkylation sites (tertiary alicyclic amines) is 1. The maximum Gasteiger partial charge on any atom is 0.408 e. The number of unbranched alkanes of at least 4 members (excludes halogenated alkanes) is 2. The number of alkyl carbamates (subject to hydrolysis) is 1. The first kappa shape index (κ1) is 48.6. The van der Waals surface area contributed by atoms with Crippen molar-refractivity contribution in [2.24, 2.45) is 11.1 Å². The number of benzene rings is 2. The third-order valence-electron chi connectivity index (χ3n) is 10.6. The van der Waals surface area contributed by atoms with Crippen LogP contribution in [0.1, 0.15) is 123 Å². The maximum absolute atomic E-state index is 14.1. The van der Waals surface area contributed by atoms with Gasteiger partial charge in [-0.2, -0.15) is 0 Å². The number of aliphatic hydroxyl groups is 1. The Morgan fingerprint density at radius 2 is 1.66 bits per heavy atom. The van der Waals surface area contributed by atoms with Crippen LogP contribution in [0.3, 0.4) is 0 Å². The molecule has 0 aliphatic carbocycles. The van der Waals surface area contributed by atoms with Crippen LogP contribution in [0.25, 0.3) is 10.4 Å². The molecule has 1 aromatic heterocycles. The van der Waals surface area contributed by atoms with Crippen molar-refractivity contribution >= 4 is 41.1 Å². The number of rotatable bonds is 19. The van der Waals surface area contributed by atoms with Gasteiger partial charge in [0, 0.05) is 25.8 Å². The number of carbonyl (C=O) groups excluding carboxylic acids is 5. The number of aromatic nitrogens is 1. The molecular weight excluding hydrogens is 797 g/mol. The average Bonchev–Trinajstić information content (AvgIpc) is 3.79. The summed E-state index contributed by atoms with van der Waals surface area (Å²) in [5, 5.41) is 19.4. The van der Waals surface area contributed by atoms with Crippen LogP contribution in [0, 0.1) is 12.3 Å². The van der Waals surface area contributed by atoms with E-state index in [-0.39, 0.29) is 50.1 Å². The van der Waals surface area contributed by atoms with Crippen LogP contribution >= 0.6 is 11.3 Å². The highest BCUT2D eigenvalue weighted by atomic mass is 32.1. The van der Waals surface area contributed by atoms with Crippen molar-refractivity contribution in [3.63, 3.8) is 0 Å².